The van der Waals surface area contributed by atoms with Crippen LogP contribution in [0.5, 0.6) is 0 Å². The van der Waals surface area contributed by atoms with E-state index in [-0.39, 0.29) is 11.6 Å². The molecule has 0 spiro atoms. The quantitative estimate of drug-likeness (QED) is 0.377. The number of amides is 2. The van der Waals surface area contributed by atoms with E-state index in [0.29, 0.717) is 28.3 Å². The molecule has 9 nitrogen and oxygen atoms in total. The molecule has 9 heteroatoms. The first-order chi connectivity index (χ1) is 13.9. The van der Waals surface area contributed by atoms with E-state index in [1.807, 2.05) is 0 Å². The zero-order valence-corrected chi connectivity index (χ0v) is 15.3. The Hall–Kier alpha value is -4.27. The summed E-state index contributed by atoms with van der Waals surface area (Å²) in [5, 5.41) is 17.6. The standard InChI is InChI=1S/C20H16N4O5/c1-13(25)22-15-8-6-14(7-9-15)20(26)23-21-12-16-10-11-19(29-16)17-4-2-3-5-18(17)24(27)28/h2-12H,1H3,(H,22,25)(H,23,26). The number of carbonyl (C=O) groups excluding carboxylic acids is 2. The predicted octanol–water partition coefficient (Wildman–Crippen LogP) is 3.58. The van der Waals surface area contributed by atoms with Crippen molar-refractivity contribution in [3.63, 3.8) is 0 Å². The minimum absolute atomic E-state index is 0.0682. The van der Waals surface area contributed by atoms with E-state index in [0.717, 1.165) is 0 Å². The van der Waals surface area contributed by atoms with E-state index in [1.165, 1.54) is 19.2 Å². The van der Waals surface area contributed by atoms with Crippen LogP contribution in [0.15, 0.2) is 70.2 Å². The summed E-state index contributed by atoms with van der Waals surface area (Å²) in [5.41, 5.74) is 3.58. The summed E-state index contributed by atoms with van der Waals surface area (Å²) >= 11 is 0. The first kappa shape index (κ1) is 19.5. The number of anilines is 1. The molecule has 0 aliphatic carbocycles. The Labute approximate surface area is 165 Å². The van der Waals surface area contributed by atoms with Gasteiger partial charge in [0.15, 0.2) is 0 Å². The average Bonchev–Trinajstić information content (AvgIpc) is 3.16. The topological polar surface area (TPSA) is 127 Å². The van der Waals surface area contributed by atoms with Crippen molar-refractivity contribution in [2.45, 2.75) is 6.92 Å². The molecule has 0 saturated carbocycles. The molecule has 0 atom stereocenters. The van der Waals surface area contributed by atoms with Gasteiger partial charge in [0.1, 0.15) is 11.5 Å². The highest BCUT2D eigenvalue weighted by Gasteiger charge is 2.16. The summed E-state index contributed by atoms with van der Waals surface area (Å²) in [6.45, 7) is 1.39. The maximum absolute atomic E-state index is 12.1. The number of furan rings is 1. The monoisotopic (exact) mass is 392 g/mol. The van der Waals surface area contributed by atoms with Crippen molar-refractivity contribution in [1.29, 1.82) is 0 Å². The molecule has 0 radical (unpaired) electrons. The fraction of sp³-hybridized carbons (Fsp3) is 0.0500. The fourth-order valence-corrected chi connectivity index (χ4v) is 2.54. The SMILES string of the molecule is CC(=O)Nc1ccc(C(=O)NN=Cc2ccc(-c3ccccc3[N+](=O)[O-])o2)cc1. The molecule has 2 amide bonds. The lowest BCUT2D eigenvalue weighted by atomic mass is 10.1. The summed E-state index contributed by atoms with van der Waals surface area (Å²) in [6, 6.07) is 15.7. The van der Waals surface area contributed by atoms with Crippen LogP contribution in [0.4, 0.5) is 11.4 Å². The molecule has 146 valence electrons. The van der Waals surface area contributed by atoms with Gasteiger partial charge in [-0.1, -0.05) is 12.1 Å². The second kappa shape index (κ2) is 8.61. The number of nitro groups is 1. The summed E-state index contributed by atoms with van der Waals surface area (Å²) in [4.78, 5) is 33.7. The van der Waals surface area contributed by atoms with Crippen LogP contribution < -0.4 is 10.7 Å². The Morgan fingerprint density at radius 1 is 1.07 bits per heavy atom. The van der Waals surface area contributed by atoms with Crippen molar-refractivity contribution in [1.82, 2.24) is 5.43 Å². The number of nitrogens with zero attached hydrogens (tertiary/aromatic N) is 2. The van der Waals surface area contributed by atoms with Crippen LogP contribution in [-0.2, 0) is 4.79 Å². The molecule has 1 heterocycles. The van der Waals surface area contributed by atoms with E-state index in [4.69, 9.17) is 4.42 Å². The van der Waals surface area contributed by atoms with Gasteiger partial charge < -0.3 is 9.73 Å². The summed E-state index contributed by atoms with van der Waals surface area (Å²) < 4.78 is 5.56. The van der Waals surface area contributed by atoms with Gasteiger partial charge in [0, 0.05) is 24.2 Å². The van der Waals surface area contributed by atoms with Gasteiger partial charge in [-0.3, -0.25) is 19.7 Å². The molecule has 0 aliphatic rings. The van der Waals surface area contributed by atoms with E-state index >= 15 is 0 Å². The number of hydrogen-bond acceptors (Lipinski definition) is 6. The summed E-state index contributed by atoms with van der Waals surface area (Å²) in [6.07, 6.45) is 1.29. The number of hydrogen-bond donors (Lipinski definition) is 2. The van der Waals surface area contributed by atoms with Gasteiger partial charge in [0.25, 0.3) is 11.6 Å². The van der Waals surface area contributed by atoms with Crippen LogP contribution in [0.25, 0.3) is 11.3 Å². The van der Waals surface area contributed by atoms with Gasteiger partial charge in [-0.2, -0.15) is 5.10 Å². The highest BCUT2D eigenvalue weighted by molar-refractivity contribution is 5.96. The Morgan fingerprint density at radius 3 is 2.48 bits per heavy atom. The normalized spacial score (nSPS) is 10.7. The van der Waals surface area contributed by atoms with Crippen molar-refractivity contribution in [2.24, 2.45) is 5.10 Å². The van der Waals surface area contributed by atoms with Gasteiger partial charge in [0.2, 0.25) is 5.91 Å². The summed E-state index contributed by atoms with van der Waals surface area (Å²) in [7, 11) is 0. The molecule has 2 N–H and O–H groups in total. The molecule has 1 aromatic heterocycles. The van der Waals surface area contributed by atoms with E-state index in [1.54, 1.807) is 54.6 Å². The maximum Gasteiger partial charge on any atom is 0.280 e. The van der Waals surface area contributed by atoms with Crippen LogP contribution >= 0.6 is 0 Å². The van der Waals surface area contributed by atoms with Crippen molar-refractivity contribution >= 4 is 29.4 Å². The van der Waals surface area contributed by atoms with Gasteiger partial charge >= 0.3 is 0 Å². The minimum atomic E-state index is -0.483. The fourth-order valence-electron chi connectivity index (χ4n) is 2.54. The van der Waals surface area contributed by atoms with Gasteiger partial charge in [0.05, 0.1) is 16.7 Å². The average molecular weight is 392 g/mol. The minimum Gasteiger partial charge on any atom is -0.455 e. The van der Waals surface area contributed by atoms with Crippen molar-refractivity contribution in [3.8, 4) is 11.3 Å². The van der Waals surface area contributed by atoms with Crippen LogP contribution in [-0.4, -0.2) is 23.0 Å². The lowest BCUT2D eigenvalue weighted by molar-refractivity contribution is -0.384. The third-order valence-corrected chi connectivity index (χ3v) is 3.82. The van der Waals surface area contributed by atoms with Crippen LogP contribution in [0, 0.1) is 10.1 Å². The lowest BCUT2D eigenvalue weighted by Crippen LogP contribution is -2.17. The number of benzene rings is 2. The van der Waals surface area contributed by atoms with Crippen molar-refractivity contribution in [3.05, 3.63) is 82.1 Å². The lowest BCUT2D eigenvalue weighted by Gasteiger charge is -2.03. The van der Waals surface area contributed by atoms with Crippen LogP contribution in [0.3, 0.4) is 0 Å². The number of para-hydroxylation sites is 1. The summed E-state index contributed by atoms with van der Waals surface area (Å²) in [5.74, 6) is -0.00958. The molecule has 0 aliphatic heterocycles. The third-order valence-electron chi connectivity index (χ3n) is 3.82. The number of carbonyl (C=O) groups is 2. The predicted molar refractivity (Wildman–Crippen MR) is 107 cm³/mol. The zero-order valence-electron chi connectivity index (χ0n) is 15.3. The highest BCUT2D eigenvalue weighted by Crippen LogP contribution is 2.30. The van der Waals surface area contributed by atoms with Gasteiger partial charge in [-0.05, 0) is 42.5 Å². The molecule has 0 unspecified atom stereocenters. The maximum atomic E-state index is 12.1. The zero-order chi connectivity index (χ0) is 20.8. The molecular formula is C20H16N4O5. The smallest absolute Gasteiger partial charge is 0.280 e. The molecular weight excluding hydrogens is 376 g/mol. The van der Waals surface area contributed by atoms with Gasteiger partial charge in [-0.25, -0.2) is 5.43 Å². The number of nitrogens with one attached hydrogen (secondary N) is 2. The first-order valence-electron chi connectivity index (χ1n) is 8.49. The Kier molecular flexibility index (Phi) is 5.79. The molecule has 0 bridgehead atoms. The van der Waals surface area contributed by atoms with E-state index in [2.05, 4.69) is 15.8 Å². The first-order valence-corrected chi connectivity index (χ1v) is 8.49. The molecule has 3 aromatic rings. The second-order valence-corrected chi connectivity index (χ2v) is 5.93. The van der Waals surface area contributed by atoms with Gasteiger partial charge in [-0.15, -0.1) is 0 Å². The number of hydrazone groups is 1. The molecule has 3 rings (SSSR count). The Morgan fingerprint density at radius 2 is 1.79 bits per heavy atom. The van der Waals surface area contributed by atoms with Crippen LogP contribution in [0.2, 0.25) is 0 Å². The van der Waals surface area contributed by atoms with Crippen molar-refractivity contribution < 1.29 is 18.9 Å². The number of nitro benzene ring substituents is 1. The van der Waals surface area contributed by atoms with Crippen LogP contribution in [0.1, 0.15) is 23.0 Å². The molecule has 0 fully saturated rings. The Balaban J connectivity index is 1.65. The van der Waals surface area contributed by atoms with E-state index < -0.39 is 10.8 Å². The van der Waals surface area contributed by atoms with E-state index in [9.17, 15) is 19.7 Å². The largest absolute Gasteiger partial charge is 0.455 e. The highest BCUT2D eigenvalue weighted by atomic mass is 16.6. The Bertz CT molecular complexity index is 1090. The van der Waals surface area contributed by atoms with Crippen molar-refractivity contribution in [2.75, 3.05) is 5.32 Å². The molecule has 2 aromatic carbocycles. The molecule has 0 saturated heterocycles. The second-order valence-electron chi connectivity index (χ2n) is 5.93. The molecule has 29 heavy (non-hydrogen) atoms. The number of rotatable bonds is 6. The third kappa shape index (κ3) is 4.92.